The van der Waals surface area contributed by atoms with Crippen LogP contribution < -0.4 is 4.74 Å². The molecule has 0 bridgehead atoms. The van der Waals surface area contributed by atoms with Crippen molar-refractivity contribution >= 4 is 11.8 Å². The van der Waals surface area contributed by atoms with Crippen molar-refractivity contribution in [2.45, 2.75) is 103 Å². The standard InChI is InChI=1S/C28H42N2O3/c1-2-29-20-12-4-3-5-13-21-30(27(31)22-14-6-7-15-22)24-17-9-11-19-26(24)33-25-18-10-8-16-23(25)28(29)32/h8,10,16,18,22,24,26H,2-7,9,11-15,17,19-21H2,1H3/t24-,26+/m1/s1. The molecule has 3 aliphatic rings. The van der Waals surface area contributed by atoms with Crippen LogP contribution in [0.3, 0.4) is 0 Å². The summed E-state index contributed by atoms with van der Waals surface area (Å²) in [4.78, 5) is 31.2. The van der Waals surface area contributed by atoms with Gasteiger partial charge >= 0.3 is 0 Å². The molecule has 1 heterocycles. The zero-order chi connectivity index (χ0) is 23.0. The van der Waals surface area contributed by atoms with Gasteiger partial charge in [0.1, 0.15) is 11.9 Å². The highest BCUT2D eigenvalue weighted by molar-refractivity contribution is 5.97. The van der Waals surface area contributed by atoms with Crippen LogP contribution in [0, 0.1) is 5.92 Å². The first-order valence-electron chi connectivity index (χ1n) is 13.5. The second-order valence-corrected chi connectivity index (χ2v) is 10.2. The molecule has 0 aromatic heterocycles. The van der Waals surface area contributed by atoms with Crippen LogP contribution in [-0.2, 0) is 4.79 Å². The van der Waals surface area contributed by atoms with Gasteiger partial charge in [0, 0.05) is 25.6 Å². The second-order valence-electron chi connectivity index (χ2n) is 10.2. The van der Waals surface area contributed by atoms with E-state index in [0.717, 1.165) is 77.3 Å². The molecule has 5 heteroatoms. The highest BCUT2D eigenvalue weighted by atomic mass is 16.5. The van der Waals surface area contributed by atoms with Crippen LogP contribution in [0.5, 0.6) is 5.75 Å². The Labute approximate surface area is 199 Å². The van der Waals surface area contributed by atoms with Crippen LogP contribution in [0.15, 0.2) is 24.3 Å². The van der Waals surface area contributed by atoms with Gasteiger partial charge in [0.05, 0.1) is 11.6 Å². The van der Waals surface area contributed by atoms with Gasteiger partial charge in [0.25, 0.3) is 5.91 Å². The Morgan fingerprint density at radius 3 is 2.33 bits per heavy atom. The predicted molar refractivity (Wildman–Crippen MR) is 131 cm³/mol. The third-order valence-corrected chi connectivity index (χ3v) is 7.95. The first-order valence-corrected chi connectivity index (χ1v) is 13.5. The lowest BCUT2D eigenvalue weighted by atomic mass is 9.89. The van der Waals surface area contributed by atoms with E-state index in [-0.39, 0.29) is 24.0 Å². The molecule has 2 fully saturated rings. The smallest absolute Gasteiger partial charge is 0.257 e. The molecule has 0 spiro atoms. The summed E-state index contributed by atoms with van der Waals surface area (Å²) >= 11 is 0. The quantitative estimate of drug-likeness (QED) is 0.566. The molecular formula is C28H42N2O3. The minimum atomic E-state index is -0.0433. The van der Waals surface area contributed by atoms with Crippen molar-refractivity contribution in [2.75, 3.05) is 19.6 Å². The highest BCUT2D eigenvalue weighted by Crippen LogP contribution is 2.33. The van der Waals surface area contributed by atoms with E-state index in [1.165, 1.54) is 19.3 Å². The zero-order valence-electron chi connectivity index (χ0n) is 20.5. The van der Waals surface area contributed by atoms with Crippen molar-refractivity contribution in [1.82, 2.24) is 9.80 Å². The third kappa shape index (κ3) is 5.91. The van der Waals surface area contributed by atoms with Crippen LogP contribution in [-0.4, -0.2) is 53.4 Å². The molecule has 0 unspecified atom stereocenters. The normalized spacial score (nSPS) is 26.0. The van der Waals surface area contributed by atoms with Gasteiger partial charge in [-0.1, -0.05) is 50.7 Å². The number of rotatable bonds is 2. The average molecular weight is 455 g/mol. The summed E-state index contributed by atoms with van der Waals surface area (Å²) in [5.74, 6) is 1.30. The number of amides is 2. The number of hydrogen-bond acceptors (Lipinski definition) is 3. The fourth-order valence-corrected chi connectivity index (χ4v) is 6.02. The summed E-state index contributed by atoms with van der Waals surface area (Å²) in [5, 5.41) is 0. The molecular weight excluding hydrogens is 412 g/mol. The van der Waals surface area contributed by atoms with E-state index < -0.39 is 0 Å². The number of carbonyl (C=O) groups excluding carboxylic acids is 2. The molecule has 2 aliphatic carbocycles. The Morgan fingerprint density at radius 2 is 1.55 bits per heavy atom. The summed E-state index contributed by atoms with van der Waals surface area (Å²) in [6.45, 7) is 4.41. The maximum Gasteiger partial charge on any atom is 0.257 e. The zero-order valence-corrected chi connectivity index (χ0v) is 20.5. The van der Waals surface area contributed by atoms with E-state index in [2.05, 4.69) is 11.8 Å². The number of ether oxygens (including phenoxy) is 1. The van der Waals surface area contributed by atoms with Crippen molar-refractivity contribution in [3.8, 4) is 5.75 Å². The van der Waals surface area contributed by atoms with Crippen LogP contribution >= 0.6 is 0 Å². The number of fused-ring (bicyclic) bond motifs is 2. The lowest BCUT2D eigenvalue weighted by Crippen LogP contribution is -2.52. The molecule has 0 radical (unpaired) electrons. The van der Waals surface area contributed by atoms with Gasteiger partial charge in [-0.2, -0.15) is 0 Å². The van der Waals surface area contributed by atoms with Gasteiger partial charge in [-0.15, -0.1) is 0 Å². The largest absolute Gasteiger partial charge is 0.487 e. The summed E-state index contributed by atoms with van der Waals surface area (Å²) < 4.78 is 6.64. The SMILES string of the molecule is CCN1CCCCCCCN(C(=O)C2CCCC2)[C@@H]2CCCC[C@@H]2Oc2ccccc2C1=O. The molecule has 1 aliphatic heterocycles. The van der Waals surface area contributed by atoms with E-state index in [1.807, 2.05) is 29.2 Å². The maximum absolute atomic E-state index is 13.6. The molecule has 2 atom stereocenters. The fraction of sp³-hybridized carbons (Fsp3) is 0.714. The molecule has 2 saturated carbocycles. The molecule has 5 nitrogen and oxygen atoms in total. The summed E-state index contributed by atoms with van der Waals surface area (Å²) in [5.41, 5.74) is 0.659. The number of para-hydroxylation sites is 1. The van der Waals surface area contributed by atoms with E-state index >= 15 is 0 Å². The Bertz CT molecular complexity index is 789. The lowest BCUT2D eigenvalue weighted by Gasteiger charge is -2.41. The third-order valence-electron chi connectivity index (χ3n) is 7.95. The van der Waals surface area contributed by atoms with Crippen LogP contribution in [0.1, 0.15) is 101 Å². The topological polar surface area (TPSA) is 49.9 Å². The second kappa shape index (κ2) is 11.9. The van der Waals surface area contributed by atoms with Crippen molar-refractivity contribution < 1.29 is 14.3 Å². The van der Waals surface area contributed by atoms with E-state index in [9.17, 15) is 9.59 Å². The lowest BCUT2D eigenvalue weighted by molar-refractivity contribution is -0.141. The maximum atomic E-state index is 13.6. The van der Waals surface area contributed by atoms with Gasteiger partial charge in [-0.25, -0.2) is 0 Å². The molecule has 33 heavy (non-hydrogen) atoms. The molecule has 0 N–H and O–H groups in total. The van der Waals surface area contributed by atoms with Crippen LogP contribution in [0.4, 0.5) is 0 Å². The average Bonchev–Trinajstić information content (AvgIpc) is 3.38. The number of carbonyl (C=O) groups is 2. The van der Waals surface area contributed by atoms with Gasteiger partial charge in [0.15, 0.2) is 0 Å². The molecule has 1 aromatic rings. The first-order chi connectivity index (χ1) is 16.2. The van der Waals surface area contributed by atoms with Crippen molar-refractivity contribution in [3.63, 3.8) is 0 Å². The monoisotopic (exact) mass is 454 g/mol. The van der Waals surface area contributed by atoms with Gasteiger partial charge in [-0.05, 0) is 64.0 Å². The molecule has 1 aromatic carbocycles. The van der Waals surface area contributed by atoms with Crippen LogP contribution in [0.2, 0.25) is 0 Å². The van der Waals surface area contributed by atoms with Crippen molar-refractivity contribution in [1.29, 1.82) is 0 Å². The fourth-order valence-electron chi connectivity index (χ4n) is 6.02. The Morgan fingerprint density at radius 1 is 0.879 bits per heavy atom. The summed E-state index contributed by atoms with van der Waals surface area (Å²) in [7, 11) is 0. The Balaban J connectivity index is 1.63. The summed E-state index contributed by atoms with van der Waals surface area (Å²) in [6.07, 6.45) is 14.1. The molecule has 4 rings (SSSR count). The van der Waals surface area contributed by atoms with Gasteiger partial charge in [-0.3, -0.25) is 9.59 Å². The number of hydrogen-bond donors (Lipinski definition) is 0. The highest BCUT2D eigenvalue weighted by Gasteiger charge is 2.38. The molecule has 2 amide bonds. The molecule has 0 saturated heterocycles. The van der Waals surface area contributed by atoms with Crippen LogP contribution in [0.25, 0.3) is 0 Å². The Hall–Kier alpha value is -2.04. The minimum Gasteiger partial charge on any atom is -0.487 e. The molecule has 182 valence electrons. The van der Waals surface area contributed by atoms with Crippen molar-refractivity contribution in [2.24, 2.45) is 5.92 Å². The summed E-state index contributed by atoms with van der Waals surface area (Å²) in [6, 6.07) is 7.83. The number of benzene rings is 1. The first kappa shape index (κ1) is 24.1. The van der Waals surface area contributed by atoms with E-state index in [0.29, 0.717) is 23.8 Å². The minimum absolute atomic E-state index is 0.0433. The van der Waals surface area contributed by atoms with E-state index in [1.54, 1.807) is 0 Å². The predicted octanol–water partition coefficient (Wildman–Crippen LogP) is 5.82. The van der Waals surface area contributed by atoms with Crippen molar-refractivity contribution in [3.05, 3.63) is 29.8 Å². The Kier molecular flexibility index (Phi) is 8.69. The van der Waals surface area contributed by atoms with Gasteiger partial charge < -0.3 is 14.5 Å². The number of nitrogens with zero attached hydrogens (tertiary/aromatic N) is 2. The van der Waals surface area contributed by atoms with E-state index in [4.69, 9.17) is 4.74 Å². The van der Waals surface area contributed by atoms with Gasteiger partial charge in [0.2, 0.25) is 5.91 Å².